The van der Waals surface area contributed by atoms with Gasteiger partial charge in [0.1, 0.15) is 0 Å². The van der Waals surface area contributed by atoms with Crippen molar-refractivity contribution in [1.82, 2.24) is 4.90 Å². The van der Waals surface area contributed by atoms with Crippen LogP contribution < -0.4 is 17.2 Å². The van der Waals surface area contributed by atoms with E-state index < -0.39 is 0 Å². The van der Waals surface area contributed by atoms with Crippen molar-refractivity contribution in [2.75, 3.05) is 40.3 Å². The molecule has 0 aromatic carbocycles. The molecule has 0 heterocycles. The van der Waals surface area contributed by atoms with E-state index in [1.807, 2.05) is 0 Å². The third-order valence-corrected chi connectivity index (χ3v) is 1.97. The monoisotopic (exact) mass is 218 g/mol. The highest BCUT2D eigenvalue weighted by atomic mass is 15.0. The molecule has 0 aliphatic carbocycles. The van der Waals surface area contributed by atoms with E-state index in [1.165, 1.54) is 12.8 Å². The molecule has 4 heteroatoms. The van der Waals surface area contributed by atoms with Crippen LogP contribution in [-0.4, -0.2) is 45.2 Å². The van der Waals surface area contributed by atoms with Crippen LogP contribution in [0.2, 0.25) is 0 Å². The molecule has 0 spiro atoms. The van der Waals surface area contributed by atoms with Gasteiger partial charge in [-0.3, -0.25) is 0 Å². The lowest BCUT2D eigenvalue weighted by atomic mass is 10.2. The van der Waals surface area contributed by atoms with Crippen molar-refractivity contribution < 1.29 is 0 Å². The molecule has 15 heavy (non-hydrogen) atoms. The highest BCUT2D eigenvalue weighted by Crippen LogP contribution is 1.95. The number of unbranched alkanes of at least 4 members (excludes halogenated alkanes) is 3. The molecule has 0 aromatic heterocycles. The van der Waals surface area contributed by atoms with E-state index in [0.29, 0.717) is 0 Å². The van der Waals surface area contributed by atoms with Crippen LogP contribution in [0, 0.1) is 0 Å². The van der Waals surface area contributed by atoms with Gasteiger partial charge < -0.3 is 22.1 Å². The van der Waals surface area contributed by atoms with Gasteiger partial charge in [0.25, 0.3) is 0 Å². The molecule has 0 rings (SSSR count). The zero-order chi connectivity index (χ0) is 11.9. The number of nitrogens with zero attached hydrogens (tertiary/aromatic N) is 1. The summed E-state index contributed by atoms with van der Waals surface area (Å²) in [7, 11) is 4.10. The molecule has 0 unspecified atom stereocenters. The third-order valence-electron chi connectivity index (χ3n) is 1.97. The third kappa shape index (κ3) is 24.8. The summed E-state index contributed by atoms with van der Waals surface area (Å²) >= 11 is 0. The van der Waals surface area contributed by atoms with Gasteiger partial charge >= 0.3 is 0 Å². The van der Waals surface area contributed by atoms with Crippen molar-refractivity contribution >= 4 is 0 Å². The minimum absolute atomic E-state index is 0.804. The quantitative estimate of drug-likeness (QED) is 0.514. The van der Waals surface area contributed by atoms with E-state index in [9.17, 15) is 0 Å². The van der Waals surface area contributed by atoms with Gasteiger partial charge in [-0.1, -0.05) is 12.8 Å². The second-order valence-corrected chi connectivity index (χ2v) is 3.94. The van der Waals surface area contributed by atoms with Gasteiger partial charge in [-0.25, -0.2) is 0 Å². The lowest BCUT2D eigenvalue weighted by Gasteiger charge is -2.05. The summed E-state index contributed by atoms with van der Waals surface area (Å²) in [6.45, 7) is 3.56. The molecule has 0 bridgehead atoms. The molecule has 0 saturated heterocycles. The van der Waals surface area contributed by atoms with Crippen molar-refractivity contribution in [2.24, 2.45) is 17.2 Å². The Morgan fingerprint density at radius 3 is 1.27 bits per heavy atom. The predicted octanol–water partition coefficient (Wildman–Crippen LogP) is 0.361. The molecule has 0 fully saturated rings. The molecule has 94 valence electrons. The fourth-order valence-electron chi connectivity index (χ4n) is 1.05. The highest BCUT2D eigenvalue weighted by Gasteiger charge is 1.84. The lowest BCUT2D eigenvalue weighted by Crippen LogP contribution is -2.16. The predicted molar refractivity (Wildman–Crippen MR) is 68.8 cm³/mol. The Morgan fingerprint density at radius 1 is 0.667 bits per heavy atom. The van der Waals surface area contributed by atoms with E-state index in [0.717, 1.165) is 45.4 Å². The Labute approximate surface area is 95.2 Å². The zero-order valence-corrected chi connectivity index (χ0v) is 10.5. The van der Waals surface area contributed by atoms with Gasteiger partial charge in [0.2, 0.25) is 0 Å². The zero-order valence-electron chi connectivity index (χ0n) is 10.5. The minimum Gasteiger partial charge on any atom is -0.330 e. The first-order valence-corrected chi connectivity index (χ1v) is 5.94. The molecule has 4 nitrogen and oxygen atoms in total. The molecule has 0 aromatic rings. The molecule has 0 amide bonds. The van der Waals surface area contributed by atoms with Gasteiger partial charge in [0, 0.05) is 0 Å². The van der Waals surface area contributed by atoms with Crippen LogP contribution in [-0.2, 0) is 0 Å². The maximum atomic E-state index is 5.28. The first-order valence-electron chi connectivity index (χ1n) is 5.94. The molecule has 0 aliphatic rings. The average molecular weight is 218 g/mol. The molecule has 6 N–H and O–H groups in total. The topological polar surface area (TPSA) is 81.3 Å². The SMILES string of the molecule is CN(C)CCCN.NCCCCCCN. The largest absolute Gasteiger partial charge is 0.330 e. The van der Waals surface area contributed by atoms with E-state index in [2.05, 4.69) is 19.0 Å². The van der Waals surface area contributed by atoms with Crippen molar-refractivity contribution in [1.29, 1.82) is 0 Å². The van der Waals surface area contributed by atoms with Crippen LogP contribution in [0.5, 0.6) is 0 Å². The molecular formula is C11H30N4. The minimum atomic E-state index is 0.804. The van der Waals surface area contributed by atoms with Gasteiger partial charge in [0.15, 0.2) is 0 Å². The number of nitrogens with two attached hydrogens (primary N) is 3. The number of rotatable bonds is 8. The first kappa shape index (κ1) is 17.2. The Balaban J connectivity index is 0. The van der Waals surface area contributed by atoms with Crippen molar-refractivity contribution in [2.45, 2.75) is 32.1 Å². The summed E-state index contributed by atoms with van der Waals surface area (Å²) in [5.41, 5.74) is 15.8. The Bertz CT molecular complexity index is 90.6. The molecular weight excluding hydrogens is 188 g/mol. The second kappa shape index (κ2) is 16.3. The van der Waals surface area contributed by atoms with Crippen LogP contribution in [0.1, 0.15) is 32.1 Å². The number of hydrogen-bond donors (Lipinski definition) is 3. The number of hydrogen-bond acceptors (Lipinski definition) is 4. The summed E-state index contributed by atoms with van der Waals surface area (Å²) in [4.78, 5) is 2.13. The first-order chi connectivity index (χ1) is 7.18. The molecule has 0 atom stereocenters. The average Bonchev–Trinajstić information content (AvgIpc) is 2.22. The van der Waals surface area contributed by atoms with Crippen LogP contribution in [0.15, 0.2) is 0 Å². The maximum Gasteiger partial charge on any atom is -0.00128 e. The summed E-state index contributed by atoms with van der Waals surface area (Å²) in [6, 6.07) is 0. The normalized spacial score (nSPS) is 10.0. The fraction of sp³-hybridized carbons (Fsp3) is 1.00. The van der Waals surface area contributed by atoms with Crippen molar-refractivity contribution in [3.63, 3.8) is 0 Å². The van der Waals surface area contributed by atoms with E-state index >= 15 is 0 Å². The van der Waals surface area contributed by atoms with Crippen LogP contribution >= 0.6 is 0 Å². The second-order valence-electron chi connectivity index (χ2n) is 3.94. The van der Waals surface area contributed by atoms with Crippen LogP contribution in [0.3, 0.4) is 0 Å². The van der Waals surface area contributed by atoms with E-state index in [4.69, 9.17) is 17.2 Å². The van der Waals surface area contributed by atoms with Gasteiger partial charge in [-0.2, -0.15) is 0 Å². The fourth-order valence-corrected chi connectivity index (χ4v) is 1.05. The van der Waals surface area contributed by atoms with E-state index in [1.54, 1.807) is 0 Å². The molecule has 0 saturated carbocycles. The Morgan fingerprint density at radius 2 is 1.07 bits per heavy atom. The Hall–Kier alpha value is -0.160. The van der Waals surface area contributed by atoms with Gasteiger partial charge in [0.05, 0.1) is 0 Å². The lowest BCUT2D eigenvalue weighted by molar-refractivity contribution is 0.403. The van der Waals surface area contributed by atoms with Gasteiger partial charge in [-0.15, -0.1) is 0 Å². The summed E-state index contributed by atoms with van der Waals surface area (Å²) in [6.07, 6.45) is 5.90. The van der Waals surface area contributed by atoms with Gasteiger partial charge in [-0.05, 0) is 59.5 Å². The standard InChI is InChI=1S/C6H16N2.C5H14N2/c7-5-3-1-2-4-6-8;1-7(2)5-3-4-6/h1-8H2;3-6H2,1-2H3. The van der Waals surface area contributed by atoms with Crippen molar-refractivity contribution in [3.05, 3.63) is 0 Å². The summed E-state index contributed by atoms with van der Waals surface area (Å²) < 4.78 is 0. The maximum absolute atomic E-state index is 5.28. The molecule has 0 aliphatic heterocycles. The molecule has 0 radical (unpaired) electrons. The van der Waals surface area contributed by atoms with Crippen LogP contribution in [0.25, 0.3) is 0 Å². The van der Waals surface area contributed by atoms with Crippen LogP contribution in [0.4, 0.5) is 0 Å². The summed E-state index contributed by atoms with van der Waals surface area (Å²) in [5, 5.41) is 0. The van der Waals surface area contributed by atoms with E-state index in [-0.39, 0.29) is 0 Å². The Kier molecular flexibility index (Phi) is 18.7. The smallest absolute Gasteiger partial charge is 0.00128 e. The summed E-state index contributed by atoms with van der Waals surface area (Å²) in [5.74, 6) is 0. The highest BCUT2D eigenvalue weighted by molar-refractivity contribution is 4.43. The van der Waals surface area contributed by atoms with Crippen molar-refractivity contribution in [3.8, 4) is 0 Å².